The second kappa shape index (κ2) is 4.88. The normalized spacial score (nSPS) is 41.0. The molecule has 2 aliphatic carbocycles. The van der Waals surface area contributed by atoms with Crippen LogP contribution in [0, 0.1) is 17.3 Å². The number of aromatic amines is 1. The van der Waals surface area contributed by atoms with E-state index in [9.17, 15) is 9.90 Å². The molecule has 6 atom stereocenters. The van der Waals surface area contributed by atoms with Crippen LogP contribution in [-0.4, -0.2) is 47.2 Å². The number of nitrogens with zero attached hydrogens (tertiary/aromatic N) is 1. The van der Waals surface area contributed by atoms with Gasteiger partial charge in [0.05, 0.1) is 7.11 Å². The maximum absolute atomic E-state index is 13.5. The number of aromatic hydroxyl groups is 1. The Hall–Kier alpha value is -2.01. The quantitative estimate of drug-likeness (QED) is 0.802. The molecule has 4 fully saturated rings. The van der Waals surface area contributed by atoms with Gasteiger partial charge >= 0.3 is 5.97 Å². The average Bonchev–Trinajstić information content (AvgIpc) is 3.37. The number of hydrogen-bond acceptors (Lipinski definition) is 4. The van der Waals surface area contributed by atoms with Crippen LogP contribution in [0.4, 0.5) is 0 Å². The van der Waals surface area contributed by atoms with Gasteiger partial charge in [-0.2, -0.15) is 0 Å². The summed E-state index contributed by atoms with van der Waals surface area (Å²) in [5, 5.41) is 11.1. The van der Waals surface area contributed by atoms with Crippen molar-refractivity contribution in [2.75, 3.05) is 20.2 Å². The van der Waals surface area contributed by atoms with Crippen LogP contribution < -0.4 is 0 Å². The van der Waals surface area contributed by atoms with E-state index in [0.717, 1.165) is 54.9 Å². The van der Waals surface area contributed by atoms with E-state index in [4.69, 9.17) is 4.74 Å². The molecule has 2 N–H and O–H groups in total. The lowest BCUT2D eigenvalue weighted by Crippen LogP contribution is -2.68. The Morgan fingerprint density at radius 1 is 1.41 bits per heavy atom. The summed E-state index contributed by atoms with van der Waals surface area (Å²) in [5.41, 5.74) is 2.92. The maximum Gasteiger partial charge on any atom is 0.319 e. The molecular weight excluding hydrogens is 340 g/mol. The Morgan fingerprint density at radius 3 is 3.04 bits per heavy atom. The maximum atomic E-state index is 13.5. The van der Waals surface area contributed by atoms with E-state index >= 15 is 0 Å². The standard InChI is InChI=1S/C22H26N2O3/c1-3-21-10-16(21)12-9-22(20(26)27-2)18-14(6-7-24(11-12)19(21)22)15-8-13(25)4-5-17(15)23-18/h4-5,8,12,16,19,23,25H,3,6-7,9-11H2,1-2H3/t12-,16-,19?,21?,22+/m0/s1. The lowest BCUT2D eigenvalue weighted by atomic mass is 9.56. The van der Waals surface area contributed by atoms with Gasteiger partial charge in [0.25, 0.3) is 0 Å². The lowest BCUT2D eigenvalue weighted by molar-refractivity contribution is -0.163. The zero-order valence-corrected chi connectivity index (χ0v) is 15.9. The predicted octanol–water partition coefficient (Wildman–Crippen LogP) is 2.96. The van der Waals surface area contributed by atoms with E-state index in [1.807, 2.05) is 12.1 Å². The average molecular weight is 366 g/mol. The van der Waals surface area contributed by atoms with Crippen molar-refractivity contribution < 1.29 is 14.6 Å². The number of piperidine rings is 2. The van der Waals surface area contributed by atoms with E-state index in [1.54, 1.807) is 6.07 Å². The van der Waals surface area contributed by atoms with E-state index in [0.29, 0.717) is 5.92 Å². The van der Waals surface area contributed by atoms with Crippen molar-refractivity contribution in [3.05, 3.63) is 29.5 Å². The zero-order valence-electron chi connectivity index (χ0n) is 15.9. The fourth-order valence-corrected chi connectivity index (χ4v) is 7.40. The van der Waals surface area contributed by atoms with Gasteiger partial charge in [-0.3, -0.25) is 9.69 Å². The molecule has 0 amide bonds. The number of methoxy groups -OCH3 is 1. The Labute approximate surface area is 158 Å². The summed E-state index contributed by atoms with van der Waals surface area (Å²) in [6.45, 7) is 4.39. The molecular formula is C22H26N2O3. The molecule has 5 nitrogen and oxygen atoms in total. The molecule has 5 aliphatic rings. The van der Waals surface area contributed by atoms with Gasteiger partial charge in [0.15, 0.2) is 0 Å². The molecule has 4 bridgehead atoms. The molecule has 3 unspecified atom stereocenters. The van der Waals surface area contributed by atoms with Gasteiger partial charge in [0, 0.05) is 35.7 Å². The number of carbonyl (C=O) groups is 1. The number of benzene rings is 1. The highest BCUT2D eigenvalue weighted by Gasteiger charge is 2.77. The number of ether oxygens (including phenoxy) is 1. The number of H-pyrrole nitrogens is 1. The second-order valence-corrected chi connectivity index (χ2v) is 9.18. The number of fused-ring (bicyclic) bond motifs is 3. The van der Waals surface area contributed by atoms with Crippen molar-refractivity contribution in [1.29, 1.82) is 0 Å². The van der Waals surface area contributed by atoms with Gasteiger partial charge < -0.3 is 14.8 Å². The van der Waals surface area contributed by atoms with E-state index in [2.05, 4.69) is 16.8 Å². The Balaban J connectivity index is 1.66. The highest BCUT2D eigenvalue weighted by molar-refractivity contribution is 5.92. The Kier molecular flexibility index (Phi) is 2.89. The summed E-state index contributed by atoms with van der Waals surface area (Å²) in [6, 6.07) is 5.71. The van der Waals surface area contributed by atoms with Crippen molar-refractivity contribution >= 4 is 16.9 Å². The van der Waals surface area contributed by atoms with Crippen molar-refractivity contribution in [3.63, 3.8) is 0 Å². The third-order valence-electron chi connectivity index (χ3n) is 8.37. The highest BCUT2D eigenvalue weighted by Crippen LogP contribution is 2.74. The van der Waals surface area contributed by atoms with Gasteiger partial charge in [-0.15, -0.1) is 0 Å². The first kappa shape index (κ1) is 16.0. The van der Waals surface area contributed by atoms with Gasteiger partial charge in [0.1, 0.15) is 11.2 Å². The number of hydrogen-bond donors (Lipinski definition) is 2. The summed E-state index contributed by atoms with van der Waals surface area (Å²) in [6.07, 6.45) is 4.18. The first-order valence-corrected chi connectivity index (χ1v) is 10.2. The van der Waals surface area contributed by atoms with Crippen LogP contribution in [0.2, 0.25) is 0 Å². The topological polar surface area (TPSA) is 65.6 Å². The number of nitrogens with one attached hydrogen (secondary N) is 1. The zero-order chi connectivity index (χ0) is 18.6. The third-order valence-corrected chi connectivity index (χ3v) is 8.37. The van der Waals surface area contributed by atoms with Crippen LogP contribution in [0.25, 0.3) is 10.9 Å². The predicted molar refractivity (Wildman–Crippen MR) is 102 cm³/mol. The van der Waals surface area contributed by atoms with Crippen LogP contribution in [0.15, 0.2) is 18.2 Å². The molecule has 4 heterocycles. The molecule has 2 saturated heterocycles. The first-order chi connectivity index (χ1) is 13.0. The largest absolute Gasteiger partial charge is 0.508 e. The smallest absolute Gasteiger partial charge is 0.319 e. The van der Waals surface area contributed by atoms with Crippen molar-refractivity contribution in [1.82, 2.24) is 9.88 Å². The minimum atomic E-state index is -0.610. The van der Waals surface area contributed by atoms with E-state index in [1.165, 1.54) is 19.1 Å². The number of rotatable bonds is 2. The van der Waals surface area contributed by atoms with Crippen LogP contribution in [0.3, 0.4) is 0 Å². The summed E-state index contributed by atoms with van der Waals surface area (Å²) in [7, 11) is 1.53. The molecule has 1 aromatic heterocycles. The number of carbonyl (C=O) groups excluding carboxylic acids is 1. The molecule has 27 heavy (non-hydrogen) atoms. The van der Waals surface area contributed by atoms with E-state index < -0.39 is 5.41 Å². The fourth-order valence-electron chi connectivity index (χ4n) is 7.40. The molecule has 0 spiro atoms. The summed E-state index contributed by atoms with van der Waals surface area (Å²) in [4.78, 5) is 19.7. The van der Waals surface area contributed by atoms with Crippen molar-refractivity contribution in [2.24, 2.45) is 17.3 Å². The number of phenols is 1. The molecule has 0 radical (unpaired) electrons. The molecule has 2 aromatic rings. The SMILES string of the molecule is CCC12C[C@H]1[C@@H]1CN3CCc4c([nH]c5ccc(O)cc45)[C@](C(=O)OC)(C1)C32. The summed E-state index contributed by atoms with van der Waals surface area (Å²) in [5.74, 6) is 1.54. The third kappa shape index (κ3) is 1.68. The second-order valence-electron chi connectivity index (χ2n) is 9.18. The van der Waals surface area contributed by atoms with Gasteiger partial charge in [-0.25, -0.2) is 0 Å². The van der Waals surface area contributed by atoms with Crippen molar-refractivity contribution in [2.45, 2.75) is 44.1 Å². The van der Waals surface area contributed by atoms with Crippen LogP contribution in [-0.2, 0) is 21.4 Å². The molecule has 2 saturated carbocycles. The minimum Gasteiger partial charge on any atom is -0.508 e. The molecule has 1 aromatic carbocycles. The molecule has 5 heteroatoms. The monoisotopic (exact) mass is 366 g/mol. The van der Waals surface area contributed by atoms with Gasteiger partial charge in [-0.1, -0.05) is 6.92 Å². The van der Waals surface area contributed by atoms with Gasteiger partial charge in [0.2, 0.25) is 0 Å². The summed E-state index contributed by atoms with van der Waals surface area (Å²) >= 11 is 0. The molecule has 142 valence electrons. The Bertz CT molecular complexity index is 981. The van der Waals surface area contributed by atoms with Crippen LogP contribution >= 0.6 is 0 Å². The highest BCUT2D eigenvalue weighted by atomic mass is 16.5. The number of phenolic OH excluding ortho intramolecular Hbond substituents is 1. The first-order valence-electron chi connectivity index (χ1n) is 10.2. The van der Waals surface area contributed by atoms with Crippen LogP contribution in [0.1, 0.15) is 37.4 Å². The number of esters is 1. The molecule has 7 rings (SSSR count). The number of aromatic nitrogens is 1. The molecule has 3 aliphatic heterocycles. The minimum absolute atomic E-state index is 0.0840. The van der Waals surface area contributed by atoms with Crippen molar-refractivity contribution in [3.8, 4) is 5.75 Å². The summed E-state index contributed by atoms with van der Waals surface area (Å²) < 4.78 is 5.47. The van der Waals surface area contributed by atoms with Gasteiger partial charge in [-0.05, 0) is 66.7 Å². The fraction of sp³-hybridized carbons (Fsp3) is 0.591. The van der Waals surface area contributed by atoms with E-state index in [-0.39, 0.29) is 23.2 Å². The van der Waals surface area contributed by atoms with Crippen LogP contribution in [0.5, 0.6) is 5.75 Å². The Morgan fingerprint density at radius 2 is 2.26 bits per heavy atom. The lowest BCUT2D eigenvalue weighted by Gasteiger charge is -2.57.